The fraction of sp³-hybridized carbons (Fsp3) is 0.125. The van der Waals surface area contributed by atoms with Crippen molar-refractivity contribution in [2.24, 2.45) is 0 Å². The average Bonchev–Trinajstić information content (AvgIpc) is 3.42. The van der Waals surface area contributed by atoms with E-state index < -0.39 is 6.04 Å². The molecule has 6 nitrogen and oxygen atoms in total. The van der Waals surface area contributed by atoms with Gasteiger partial charge in [-0.25, -0.2) is 0 Å². The summed E-state index contributed by atoms with van der Waals surface area (Å²) < 4.78 is 5.29. The molecule has 1 heterocycles. The van der Waals surface area contributed by atoms with E-state index >= 15 is 0 Å². The standard InChI is InChI=1S/C24H19N3O3/c28-14-21(24-26-22(27-30-24)15-6-2-1-3-7-15)25-23(29)17-10-11-20-18(13-17)12-16-8-4-5-9-19(16)20/h1-11,13,21,28H,12,14H2,(H,25,29). The summed E-state index contributed by atoms with van der Waals surface area (Å²) in [6.45, 7) is -0.349. The van der Waals surface area contributed by atoms with E-state index in [0.717, 1.165) is 23.1 Å². The van der Waals surface area contributed by atoms with Crippen LogP contribution in [0.3, 0.4) is 0 Å². The second kappa shape index (κ2) is 7.57. The van der Waals surface area contributed by atoms with Gasteiger partial charge in [0.25, 0.3) is 11.8 Å². The first-order valence-electron chi connectivity index (χ1n) is 9.75. The van der Waals surface area contributed by atoms with E-state index in [0.29, 0.717) is 11.4 Å². The third-order valence-electron chi connectivity index (χ3n) is 5.32. The minimum absolute atomic E-state index is 0.165. The number of rotatable bonds is 5. The van der Waals surface area contributed by atoms with Crippen LogP contribution in [0, 0.1) is 0 Å². The number of benzene rings is 3. The van der Waals surface area contributed by atoms with Crippen molar-refractivity contribution in [1.29, 1.82) is 0 Å². The Bertz CT molecular complexity index is 1220. The van der Waals surface area contributed by atoms with Crippen LogP contribution in [0.2, 0.25) is 0 Å². The Morgan fingerprint density at radius 2 is 1.77 bits per heavy atom. The molecule has 0 aliphatic heterocycles. The van der Waals surface area contributed by atoms with Crippen molar-refractivity contribution < 1.29 is 14.4 Å². The minimum atomic E-state index is -0.784. The lowest BCUT2D eigenvalue weighted by atomic mass is 10.0. The Labute approximate surface area is 173 Å². The molecular weight excluding hydrogens is 378 g/mol. The zero-order valence-corrected chi connectivity index (χ0v) is 16.1. The van der Waals surface area contributed by atoms with E-state index in [1.54, 1.807) is 6.07 Å². The maximum atomic E-state index is 12.8. The highest BCUT2D eigenvalue weighted by atomic mass is 16.5. The van der Waals surface area contributed by atoms with Crippen molar-refractivity contribution in [2.45, 2.75) is 12.5 Å². The van der Waals surface area contributed by atoms with Crippen LogP contribution in [0.4, 0.5) is 0 Å². The van der Waals surface area contributed by atoms with Crippen molar-refractivity contribution in [2.75, 3.05) is 6.61 Å². The molecule has 2 N–H and O–H groups in total. The Hall–Kier alpha value is -3.77. The van der Waals surface area contributed by atoms with Crippen molar-refractivity contribution >= 4 is 5.91 Å². The molecule has 1 aliphatic carbocycles. The molecule has 0 saturated carbocycles. The second-order valence-corrected chi connectivity index (χ2v) is 7.24. The lowest BCUT2D eigenvalue weighted by Gasteiger charge is -2.13. The number of hydrogen-bond donors (Lipinski definition) is 2. The summed E-state index contributed by atoms with van der Waals surface area (Å²) in [7, 11) is 0. The lowest BCUT2D eigenvalue weighted by molar-refractivity contribution is 0.0901. The SMILES string of the molecule is O=C(NC(CO)c1nc(-c2ccccc2)no1)c1ccc2c(c1)Cc1ccccc1-2. The van der Waals surface area contributed by atoms with Gasteiger partial charge in [-0.15, -0.1) is 0 Å². The molecule has 0 spiro atoms. The molecule has 1 aliphatic rings. The second-order valence-electron chi connectivity index (χ2n) is 7.24. The van der Waals surface area contributed by atoms with Crippen molar-refractivity contribution in [3.8, 4) is 22.5 Å². The van der Waals surface area contributed by atoms with Crippen LogP contribution in [0.15, 0.2) is 77.3 Å². The van der Waals surface area contributed by atoms with Crippen LogP contribution in [0.25, 0.3) is 22.5 Å². The van der Waals surface area contributed by atoms with Crippen molar-refractivity contribution in [3.63, 3.8) is 0 Å². The number of aliphatic hydroxyl groups is 1. The summed E-state index contributed by atoms with van der Waals surface area (Å²) in [6.07, 6.45) is 0.806. The Morgan fingerprint density at radius 1 is 1.00 bits per heavy atom. The molecule has 1 unspecified atom stereocenters. The number of fused-ring (bicyclic) bond motifs is 3. The van der Waals surface area contributed by atoms with Gasteiger partial charge in [-0.1, -0.05) is 65.8 Å². The molecule has 6 heteroatoms. The molecular formula is C24H19N3O3. The third-order valence-corrected chi connectivity index (χ3v) is 5.32. The first-order valence-corrected chi connectivity index (χ1v) is 9.75. The van der Waals surface area contributed by atoms with Gasteiger partial charge in [-0.05, 0) is 40.8 Å². The molecule has 0 fully saturated rings. The summed E-state index contributed by atoms with van der Waals surface area (Å²) in [4.78, 5) is 17.2. The van der Waals surface area contributed by atoms with Crippen LogP contribution in [-0.2, 0) is 6.42 Å². The first-order chi connectivity index (χ1) is 14.7. The Balaban J connectivity index is 1.35. The van der Waals surface area contributed by atoms with Crippen LogP contribution in [-0.4, -0.2) is 27.8 Å². The number of carbonyl (C=O) groups is 1. The quantitative estimate of drug-likeness (QED) is 0.471. The van der Waals surface area contributed by atoms with Gasteiger partial charge in [-0.3, -0.25) is 4.79 Å². The molecule has 0 saturated heterocycles. The van der Waals surface area contributed by atoms with E-state index in [1.807, 2.05) is 54.6 Å². The maximum Gasteiger partial charge on any atom is 0.252 e. The topological polar surface area (TPSA) is 88.2 Å². The van der Waals surface area contributed by atoms with E-state index in [1.165, 1.54) is 11.1 Å². The highest BCUT2D eigenvalue weighted by molar-refractivity contribution is 5.96. The monoisotopic (exact) mass is 397 g/mol. The number of aliphatic hydroxyl groups excluding tert-OH is 1. The molecule has 0 bridgehead atoms. The van der Waals surface area contributed by atoms with E-state index in [2.05, 4.69) is 27.6 Å². The number of carbonyl (C=O) groups excluding carboxylic acids is 1. The van der Waals surface area contributed by atoms with Crippen LogP contribution < -0.4 is 5.32 Å². The van der Waals surface area contributed by atoms with Gasteiger partial charge < -0.3 is 14.9 Å². The summed E-state index contributed by atoms with van der Waals surface area (Å²) in [5.41, 5.74) is 6.08. The number of hydrogen-bond acceptors (Lipinski definition) is 5. The molecule has 5 rings (SSSR count). The molecule has 148 valence electrons. The summed E-state index contributed by atoms with van der Waals surface area (Å²) >= 11 is 0. The largest absolute Gasteiger partial charge is 0.394 e. The van der Waals surface area contributed by atoms with E-state index in [-0.39, 0.29) is 18.4 Å². The zero-order valence-electron chi connectivity index (χ0n) is 16.1. The normalized spacial score (nSPS) is 12.8. The molecule has 1 aromatic heterocycles. The van der Waals surface area contributed by atoms with Crippen LogP contribution >= 0.6 is 0 Å². The maximum absolute atomic E-state index is 12.8. The van der Waals surface area contributed by atoms with Crippen LogP contribution in [0.5, 0.6) is 0 Å². The molecule has 30 heavy (non-hydrogen) atoms. The summed E-state index contributed by atoms with van der Waals surface area (Å²) in [5.74, 6) is 0.277. The molecule has 1 atom stereocenters. The first kappa shape index (κ1) is 18.3. The minimum Gasteiger partial charge on any atom is -0.394 e. The van der Waals surface area contributed by atoms with Gasteiger partial charge in [0.2, 0.25) is 5.82 Å². The highest BCUT2D eigenvalue weighted by Gasteiger charge is 2.23. The predicted octanol–water partition coefficient (Wildman–Crippen LogP) is 3.77. The summed E-state index contributed by atoms with van der Waals surface area (Å²) in [5, 5.41) is 16.5. The molecule has 4 aromatic rings. The van der Waals surface area contributed by atoms with Gasteiger partial charge in [0, 0.05) is 11.1 Å². The third kappa shape index (κ3) is 3.27. The molecule has 0 radical (unpaired) electrons. The number of aromatic nitrogens is 2. The zero-order chi connectivity index (χ0) is 20.5. The number of nitrogens with one attached hydrogen (secondary N) is 1. The van der Waals surface area contributed by atoms with E-state index in [9.17, 15) is 9.90 Å². The smallest absolute Gasteiger partial charge is 0.252 e. The molecule has 1 amide bonds. The number of amides is 1. The average molecular weight is 397 g/mol. The van der Waals surface area contributed by atoms with Gasteiger partial charge in [0.05, 0.1) is 6.61 Å². The lowest BCUT2D eigenvalue weighted by Crippen LogP contribution is -2.31. The van der Waals surface area contributed by atoms with Gasteiger partial charge in [-0.2, -0.15) is 4.98 Å². The van der Waals surface area contributed by atoms with Crippen molar-refractivity contribution in [1.82, 2.24) is 15.5 Å². The summed E-state index contributed by atoms with van der Waals surface area (Å²) in [6, 6.07) is 22.5. The Kier molecular flexibility index (Phi) is 4.61. The highest BCUT2D eigenvalue weighted by Crippen LogP contribution is 2.36. The van der Waals surface area contributed by atoms with Gasteiger partial charge in [0.1, 0.15) is 6.04 Å². The van der Waals surface area contributed by atoms with Gasteiger partial charge >= 0.3 is 0 Å². The predicted molar refractivity (Wildman–Crippen MR) is 112 cm³/mol. The van der Waals surface area contributed by atoms with Gasteiger partial charge in [0.15, 0.2) is 0 Å². The van der Waals surface area contributed by atoms with Crippen molar-refractivity contribution in [3.05, 3.63) is 95.4 Å². The molecule has 3 aromatic carbocycles. The Morgan fingerprint density at radius 3 is 2.60 bits per heavy atom. The van der Waals surface area contributed by atoms with E-state index in [4.69, 9.17) is 4.52 Å². The fourth-order valence-electron chi connectivity index (χ4n) is 3.79. The fourth-order valence-corrected chi connectivity index (χ4v) is 3.79. The number of nitrogens with zero attached hydrogens (tertiary/aromatic N) is 2. The van der Waals surface area contributed by atoms with Crippen LogP contribution in [0.1, 0.15) is 33.4 Å².